The Bertz CT molecular complexity index is 861. The van der Waals surface area contributed by atoms with Crippen LogP contribution in [0.25, 0.3) is 11.4 Å². The summed E-state index contributed by atoms with van der Waals surface area (Å²) in [6.07, 6.45) is 0.649. The van der Waals surface area contributed by atoms with E-state index in [2.05, 4.69) is 15.5 Å². The zero-order chi connectivity index (χ0) is 18.4. The highest BCUT2D eigenvalue weighted by atomic mass is 32.1. The van der Waals surface area contributed by atoms with Crippen LogP contribution in [-0.4, -0.2) is 30.3 Å². The molecule has 3 rings (SSSR count). The first kappa shape index (κ1) is 17.9. The molecule has 0 aliphatic carbocycles. The number of rotatable bonds is 8. The lowest BCUT2D eigenvalue weighted by atomic mass is 10.2. The van der Waals surface area contributed by atoms with E-state index in [-0.39, 0.29) is 12.3 Å². The van der Waals surface area contributed by atoms with Crippen molar-refractivity contribution >= 4 is 17.2 Å². The minimum absolute atomic E-state index is 0.106. The summed E-state index contributed by atoms with van der Waals surface area (Å²) in [6, 6.07) is 7.38. The van der Waals surface area contributed by atoms with Crippen LogP contribution in [0.1, 0.15) is 17.9 Å². The van der Waals surface area contributed by atoms with Gasteiger partial charge in [-0.25, -0.2) is 0 Å². The number of carbonyl (C=O) groups excluding carboxylic acids is 1. The fraction of sp³-hybridized carbons (Fsp3) is 0.278. The minimum Gasteiger partial charge on any atom is -0.497 e. The van der Waals surface area contributed by atoms with Gasteiger partial charge in [0.05, 0.1) is 14.2 Å². The van der Waals surface area contributed by atoms with Crippen molar-refractivity contribution in [2.45, 2.75) is 19.4 Å². The summed E-state index contributed by atoms with van der Waals surface area (Å²) in [5.41, 5.74) is 1.76. The molecule has 0 unspecified atom stereocenters. The van der Waals surface area contributed by atoms with Crippen molar-refractivity contribution in [2.24, 2.45) is 0 Å². The molecule has 0 bridgehead atoms. The normalized spacial score (nSPS) is 10.5. The predicted octanol–water partition coefficient (Wildman–Crippen LogP) is 3.06. The maximum atomic E-state index is 12.1. The molecule has 1 amide bonds. The topological polar surface area (TPSA) is 86.5 Å². The lowest BCUT2D eigenvalue weighted by Gasteiger charge is -2.11. The van der Waals surface area contributed by atoms with E-state index in [1.165, 1.54) is 0 Å². The van der Waals surface area contributed by atoms with Crippen molar-refractivity contribution in [3.8, 4) is 22.9 Å². The second kappa shape index (κ2) is 8.48. The summed E-state index contributed by atoms with van der Waals surface area (Å²) in [5, 5.41) is 10.7. The Balaban J connectivity index is 1.52. The quantitative estimate of drug-likeness (QED) is 0.653. The number of hydrogen-bond acceptors (Lipinski definition) is 7. The first-order valence-corrected chi connectivity index (χ1v) is 8.96. The molecular weight excluding hydrogens is 354 g/mol. The smallest absolute Gasteiger partial charge is 0.227 e. The fourth-order valence-corrected chi connectivity index (χ4v) is 3.02. The minimum atomic E-state index is -0.106. The molecule has 0 aliphatic heterocycles. The van der Waals surface area contributed by atoms with Crippen LogP contribution in [0.2, 0.25) is 0 Å². The van der Waals surface area contributed by atoms with Gasteiger partial charge in [0.1, 0.15) is 11.5 Å². The summed E-state index contributed by atoms with van der Waals surface area (Å²) in [7, 11) is 3.19. The van der Waals surface area contributed by atoms with E-state index < -0.39 is 0 Å². The highest BCUT2D eigenvalue weighted by Crippen LogP contribution is 2.24. The number of benzene rings is 1. The molecule has 0 atom stereocenters. The van der Waals surface area contributed by atoms with E-state index in [0.717, 1.165) is 11.1 Å². The van der Waals surface area contributed by atoms with Crippen molar-refractivity contribution in [2.75, 3.05) is 14.2 Å². The van der Waals surface area contributed by atoms with Gasteiger partial charge in [0.25, 0.3) is 0 Å². The molecule has 26 heavy (non-hydrogen) atoms. The van der Waals surface area contributed by atoms with Crippen LogP contribution in [0.15, 0.2) is 39.5 Å². The molecule has 0 radical (unpaired) electrons. The third kappa shape index (κ3) is 4.40. The number of nitrogens with zero attached hydrogens (tertiary/aromatic N) is 2. The van der Waals surface area contributed by atoms with Crippen molar-refractivity contribution in [3.05, 3.63) is 46.5 Å². The van der Waals surface area contributed by atoms with Gasteiger partial charge in [-0.05, 0) is 29.6 Å². The van der Waals surface area contributed by atoms with E-state index >= 15 is 0 Å². The molecule has 2 aromatic heterocycles. The lowest BCUT2D eigenvalue weighted by Crippen LogP contribution is -2.23. The van der Waals surface area contributed by atoms with Crippen LogP contribution in [-0.2, 0) is 17.8 Å². The molecule has 136 valence electrons. The van der Waals surface area contributed by atoms with Gasteiger partial charge in [0.15, 0.2) is 0 Å². The highest BCUT2D eigenvalue weighted by molar-refractivity contribution is 7.08. The number of methoxy groups -OCH3 is 2. The van der Waals surface area contributed by atoms with E-state index in [1.54, 1.807) is 25.6 Å². The maximum absolute atomic E-state index is 12.1. The Morgan fingerprint density at radius 2 is 2.15 bits per heavy atom. The van der Waals surface area contributed by atoms with Crippen LogP contribution in [0.4, 0.5) is 0 Å². The number of thiophene rings is 1. The van der Waals surface area contributed by atoms with E-state index in [4.69, 9.17) is 14.0 Å². The van der Waals surface area contributed by atoms with Crippen LogP contribution in [0, 0.1) is 0 Å². The number of nitrogens with one attached hydrogen (secondary N) is 1. The third-order valence-corrected chi connectivity index (χ3v) is 4.46. The Hall–Kier alpha value is -2.87. The number of hydrogen-bond donors (Lipinski definition) is 1. The van der Waals surface area contributed by atoms with Gasteiger partial charge >= 0.3 is 0 Å². The summed E-state index contributed by atoms with van der Waals surface area (Å²) in [5.74, 6) is 2.29. The summed E-state index contributed by atoms with van der Waals surface area (Å²) >= 11 is 1.57. The average molecular weight is 373 g/mol. The van der Waals surface area contributed by atoms with E-state index in [0.29, 0.717) is 36.2 Å². The van der Waals surface area contributed by atoms with Crippen LogP contribution in [0.3, 0.4) is 0 Å². The largest absolute Gasteiger partial charge is 0.497 e. The number of ether oxygens (including phenoxy) is 2. The maximum Gasteiger partial charge on any atom is 0.227 e. The number of aromatic nitrogens is 2. The Morgan fingerprint density at radius 1 is 1.27 bits per heavy atom. The van der Waals surface area contributed by atoms with E-state index in [9.17, 15) is 4.79 Å². The van der Waals surface area contributed by atoms with Crippen molar-refractivity contribution < 1.29 is 18.8 Å². The molecule has 0 fully saturated rings. The van der Waals surface area contributed by atoms with E-state index in [1.807, 2.05) is 35.0 Å². The Morgan fingerprint density at radius 3 is 2.88 bits per heavy atom. The molecular formula is C18H19N3O4S. The molecule has 3 aromatic rings. The van der Waals surface area contributed by atoms with Gasteiger partial charge in [-0.15, -0.1) is 0 Å². The first-order chi connectivity index (χ1) is 12.7. The van der Waals surface area contributed by atoms with Crippen LogP contribution < -0.4 is 14.8 Å². The van der Waals surface area contributed by atoms with Crippen molar-refractivity contribution in [1.82, 2.24) is 15.5 Å². The molecule has 0 saturated carbocycles. The summed E-state index contributed by atoms with van der Waals surface area (Å²) in [4.78, 5) is 16.4. The van der Waals surface area contributed by atoms with Gasteiger partial charge in [0, 0.05) is 35.9 Å². The van der Waals surface area contributed by atoms with Crippen LogP contribution in [0.5, 0.6) is 11.5 Å². The molecule has 0 spiro atoms. The van der Waals surface area contributed by atoms with Gasteiger partial charge < -0.3 is 19.3 Å². The highest BCUT2D eigenvalue weighted by Gasteiger charge is 2.12. The summed E-state index contributed by atoms with van der Waals surface area (Å²) in [6.45, 7) is 0.350. The number of carbonyl (C=O) groups is 1. The Labute approximate surface area is 154 Å². The molecule has 1 N–H and O–H groups in total. The Kier molecular flexibility index (Phi) is 5.85. The molecule has 1 aromatic carbocycles. The van der Waals surface area contributed by atoms with Crippen molar-refractivity contribution in [3.63, 3.8) is 0 Å². The van der Waals surface area contributed by atoms with Crippen LogP contribution >= 0.6 is 11.3 Å². The number of amides is 1. The monoisotopic (exact) mass is 373 g/mol. The van der Waals surface area contributed by atoms with Gasteiger partial charge in [-0.1, -0.05) is 5.16 Å². The second-order valence-corrected chi connectivity index (χ2v) is 6.26. The molecule has 7 nitrogen and oxygen atoms in total. The second-order valence-electron chi connectivity index (χ2n) is 5.48. The molecule has 0 aliphatic rings. The first-order valence-electron chi connectivity index (χ1n) is 8.02. The third-order valence-electron chi connectivity index (χ3n) is 3.78. The van der Waals surface area contributed by atoms with Gasteiger partial charge in [-0.2, -0.15) is 16.3 Å². The van der Waals surface area contributed by atoms with Crippen molar-refractivity contribution in [1.29, 1.82) is 0 Å². The zero-order valence-electron chi connectivity index (χ0n) is 14.5. The fourth-order valence-electron chi connectivity index (χ4n) is 2.39. The SMILES string of the molecule is COc1ccc(OC)c(CNC(=O)CCc2nc(-c3ccsc3)no2)c1. The molecule has 0 saturated heterocycles. The number of aryl methyl sites for hydroxylation is 1. The predicted molar refractivity (Wildman–Crippen MR) is 97.3 cm³/mol. The van der Waals surface area contributed by atoms with Gasteiger partial charge in [-0.3, -0.25) is 4.79 Å². The standard InChI is InChI=1S/C18H19N3O4S/c1-23-14-3-4-15(24-2)13(9-14)10-19-16(22)5-6-17-20-18(21-25-17)12-7-8-26-11-12/h3-4,7-9,11H,5-6,10H2,1-2H3,(H,19,22). The average Bonchev–Trinajstić information content (AvgIpc) is 3.35. The molecule has 8 heteroatoms. The zero-order valence-corrected chi connectivity index (χ0v) is 15.3. The molecule has 2 heterocycles. The van der Waals surface area contributed by atoms with Gasteiger partial charge in [0.2, 0.25) is 17.6 Å². The lowest BCUT2D eigenvalue weighted by molar-refractivity contribution is -0.121. The summed E-state index contributed by atoms with van der Waals surface area (Å²) < 4.78 is 15.7.